The molecule has 4 unspecified atom stereocenters. The molecule has 1 N–H and O–H groups in total. The van der Waals surface area contributed by atoms with Crippen molar-refractivity contribution >= 4 is 0 Å². The van der Waals surface area contributed by atoms with Crippen molar-refractivity contribution in [2.24, 2.45) is 23.7 Å². The first kappa shape index (κ1) is 56.8. The van der Waals surface area contributed by atoms with Crippen molar-refractivity contribution in [2.75, 3.05) is 6.54 Å². The van der Waals surface area contributed by atoms with Crippen molar-refractivity contribution < 1.29 is 0 Å². The van der Waals surface area contributed by atoms with Crippen LogP contribution in [0.3, 0.4) is 0 Å². The van der Waals surface area contributed by atoms with Crippen LogP contribution in [0.15, 0.2) is 48.7 Å². The molecule has 0 spiro atoms. The van der Waals surface area contributed by atoms with E-state index in [-0.39, 0.29) is 22.3 Å². The molecule has 0 aromatic rings. The fourth-order valence-electron chi connectivity index (χ4n) is 4.30. The first-order valence-electron chi connectivity index (χ1n) is 15.2. The van der Waals surface area contributed by atoms with E-state index in [4.69, 9.17) is 0 Å². The van der Waals surface area contributed by atoms with Crippen molar-refractivity contribution in [1.82, 2.24) is 5.32 Å². The average molecular weight is 803 g/mol. The maximum absolute atomic E-state index is 3.96. The Bertz CT molecular complexity index is 478. The molecule has 0 heterocycles. The summed E-state index contributed by atoms with van der Waals surface area (Å²) in [6, 6.07) is 0. The Balaban J connectivity index is -0.0000000628. The normalized spacial score (nSPS) is 18.1. The Morgan fingerprint density at radius 2 is 1.62 bits per heavy atom. The number of hydrogen-bond acceptors (Lipinski definition) is 1. The maximum Gasteiger partial charge on any atom is 0.0336 e. The Hall–Kier alpha value is -2.24. The van der Waals surface area contributed by atoms with Gasteiger partial charge in [-0.3, -0.25) is 0 Å². The number of nitrogens with one attached hydrogen (secondary N) is 1. The molecule has 1 fully saturated rings. The van der Waals surface area contributed by atoms with E-state index < -0.39 is 0 Å². The molecule has 1 nitrogen and oxygen atoms in total. The van der Waals surface area contributed by atoms with Crippen molar-refractivity contribution in [3.63, 3.8) is 0 Å². The molecule has 1 saturated carbocycles. The fraction of sp³-hybridized carbons (Fsp3) is 0.676. The summed E-state index contributed by atoms with van der Waals surface area (Å²) in [5.41, 5.74) is 1.15. The van der Waals surface area contributed by atoms with Gasteiger partial charge < -0.3 is 33.5 Å². The molecule has 0 radical (unpaired) electrons. The van der Waals surface area contributed by atoms with E-state index in [0.29, 0.717) is 0 Å². The van der Waals surface area contributed by atoms with Gasteiger partial charge in [0.2, 0.25) is 0 Å². The Kier molecular flexibility index (Phi) is 71.1. The van der Waals surface area contributed by atoms with Crippen molar-refractivity contribution in [3.05, 3.63) is 76.9 Å². The molecule has 236 valence electrons. The largest absolute Gasteiger partial charge is 0.385 e. The quantitative estimate of drug-likeness (QED) is 0.125. The molecule has 0 bridgehead atoms. The zero-order valence-corrected chi connectivity index (χ0v) is 35.2. The molecule has 2 heteroatoms. The van der Waals surface area contributed by atoms with Crippen LogP contribution in [0.5, 0.6) is 0 Å². The predicted octanol–water partition coefficient (Wildman–Crippen LogP) is 13.1. The fourth-order valence-corrected chi connectivity index (χ4v) is 4.30. The molecule has 4 atom stereocenters. The topological polar surface area (TPSA) is 12.0 Å². The van der Waals surface area contributed by atoms with Gasteiger partial charge in [-0.1, -0.05) is 139 Å². The van der Waals surface area contributed by atoms with E-state index in [1.165, 1.54) is 44.9 Å². The zero-order chi connectivity index (χ0) is 27.9. The Morgan fingerprint density at radius 3 is 2.05 bits per heavy atom. The third-order valence-electron chi connectivity index (χ3n) is 5.92. The van der Waals surface area contributed by atoms with Gasteiger partial charge in [0.05, 0.1) is 0 Å². The van der Waals surface area contributed by atoms with Gasteiger partial charge in [0.1, 0.15) is 0 Å². The first-order valence-corrected chi connectivity index (χ1v) is 15.2. The third-order valence-corrected chi connectivity index (χ3v) is 5.92. The number of rotatable bonds is 11. The molecule has 0 aromatic carbocycles. The van der Waals surface area contributed by atoms with E-state index in [0.717, 1.165) is 42.3 Å². The van der Waals surface area contributed by atoms with Crippen LogP contribution in [-0.4, -0.2) is 6.54 Å². The average Bonchev–Trinajstić information content (AvgIpc) is 3.55. The summed E-state index contributed by atoms with van der Waals surface area (Å²) in [6.07, 6.45) is 25.4. The van der Waals surface area contributed by atoms with E-state index in [9.17, 15) is 0 Å². The Morgan fingerprint density at radius 1 is 1.05 bits per heavy atom. The molecule has 0 aliphatic heterocycles. The van der Waals surface area contributed by atoms with Crippen LogP contribution in [0.1, 0.15) is 135 Å². The second-order valence-electron chi connectivity index (χ2n) is 7.93. The van der Waals surface area contributed by atoms with E-state index in [2.05, 4.69) is 57.3 Å². The minimum absolute atomic E-state index is 0. The van der Waals surface area contributed by atoms with Crippen molar-refractivity contribution in [2.45, 2.75) is 135 Å². The van der Waals surface area contributed by atoms with Crippen LogP contribution >= 0.6 is 0 Å². The van der Waals surface area contributed by atoms with Crippen LogP contribution in [-0.2, 0) is 0 Å². The monoisotopic (exact) mass is 803 g/mol. The van der Waals surface area contributed by atoms with Crippen LogP contribution in [0, 0.1) is 51.9 Å². The summed E-state index contributed by atoms with van der Waals surface area (Å²) in [7, 11) is 0. The Labute approximate surface area is 247 Å². The van der Waals surface area contributed by atoms with Gasteiger partial charge in [0, 0.05) is 12.2 Å². The molecule has 0 amide bonds. The number of unbranched alkanes of at least 4 members (excludes halogenated alkanes) is 1. The summed E-state index contributed by atoms with van der Waals surface area (Å²) < 4.78 is 0. The molecule has 0 saturated heterocycles. The minimum Gasteiger partial charge on any atom is -0.385 e. The maximum atomic E-state index is 3.96. The van der Waals surface area contributed by atoms with Gasteiger partial charge >= 0.3 is 0 Å². The minimum atomic E-state index is 0. The molecule has 2 aliphatic carbocycles. The van der Waals surface area contributed by atoms with Crippen molar-refractivity contribution in [3.8, 4) is 0 Å². The summed E-state index contributed by atoms with van der Waals surface area (Å²) >= 11 is 0. The molecule has 2 rings (SSSR count). The molecule has 0 aromatic heterocycles. The van der Waals surface area contributed by atoms with E-state index in [1.807, 2.05) is 80.5 Å². The molecule has 39 heavy (non-hydrogen) atoms. The summed E-state index contributed by atoms with van der Waals surface area (Å²) in [5, 5.41) is 3.49. The SMILES string of the molecule is C.C=C/C=C(\C=C/C)NCC(CC[CH2-])CCCC.CC.CC.CC.CC.CCC1C[CH-]C2C=CCC21.[CH3-].[CH3-].[Rf]. The summed E-state index contributed by atoms with van der Waals surface area (Å²) in [4.78, 5) is 0. The second-order valence-corrected chi connectivity index (χ2v) is 7.93. The number of allylic oxidation sites excluding steroid dienone is 6. The van der Waals surface area contributed by atoms with Gasteiger partial charge in [0.25, 0.3) is 0 Å². The predicted molar refractivity (Wildman–Crippen MR) is 187 cm³/mol. The summed E-state index contributed by atoms with van der Waals surface area (Å²) in [6.45, 7) is 31.3. The summed E-state index contributed by atoms with van der Waals surface area (Å²) in [5.74, 6) is 3.58. The van der Waals surface area contributed by atoms with Crippen LogP contribution in [0.4, 0.5) is 0 Å². The van der Waals surface area contributed by atoms with Gasteiger partial charge in [-0.2, -0.15) is 12.8 Å². The van der Waals surface area contributed by atoms with Crippen molar-refractivity contribution in [1.29, 1.82) is 0 Å². The van der Waals surface area contributed by atoms with E-state index in [1.54, 1.807) is 0 Å². The van der Waals surface area contributed by atoms with Crippen LogP contribution in [0.2, 0.25) is 0 Å². The zero-order valence-electron chi connectivity index (χ0n) is 28.8. The van der Waals surface area contributed by atoms with Crippen LogP contribution in [0.25, 0.3) is 0 Å². The van der Waals surface area contributed by atoms with Gasteiger partial charge in [-0.05, 0) is 37.8 Å². The molecule has 2 aliphatic rings. The third kappa shape index (κ3) is 30.2. The van der Waals surface area contributed by atoms with E-state index >= 15 is 0 Å². The van der Waals surface area contributed by atoms with Gasteiger partial charge in [-0.25, -0.2) is 0 Å². The molecular weight excluding hydrogens is 725 g/mol. The smallest absolute Gasteiger partial charge is 0.0336 e. The first-order chi connectivity index (χ1) is 17.2. The standard InChI is InChI=1S/C16H28N.C10H15.4C2H6.CH4.2CH3.Rf/c1-5-9-13-15(10-6-2)14-17-16(11-7-3)12-8-4;1-2-8-6-7-9-4-3-5-10(8)9;4*1-2;;;;/h7-8,11-12,15,17H,2-3,5-6,9-10,13-14H2,1,4H3;3-4,7-10H,2,5-6H2,1H3;4*1-2H3;1H4;2*1H3;/q2*-1;;;;;;2*-1;/b12-8-,16-11+;;;;;;;;;. The van der Waals surface area contributed by atoms with Gasteiger partial charge in [0.15, 0.2) is 0 Å². The molecular formula is C37H77NRf-4. The number of fused-ring (bicyclic) bond motifs is 1. The van der Waals surface area contributed by atoms with Gasteiger partial charge in [-0.15, -0.1) is 12.0 Å². The second kappa shape index (κ2) is 48.8. The number of hydrogen-bond donors (Lipinski definition) is 1. The van der Waals surface area contributed by atoms with Crippen LogP contribution < -0.4 is 5.32 Å².